The van der Waals surface area contributed by atoms with Gasteiger partial charge in [0.2, 0.25) is 0 Å². The van der Waals surface area contributed by atoms with Crippen LogP contribution in [0.5, 0.6) is 5.75 Å². The molecule has 0 saturated carbocycles. The van der Waals surface area contributed by atoms with Gasteiger partial charge in [-0.25, -0.2) is 0 Å². The quantitative estimate of drug-likeness (QED) is 0.453. The van der Waals surface area contributed by atoms with Gasteiger partial charge < -0.3 is 15.8 Å². The van der Waals surface area contributed by atoms with E-state index in [9.17, 15) is 14.9 Å². The van der Waals surface area contributed by atoms with Gasteiger partial charge in [-0.2, -0.15) is 0 Å². The summed E-state index contributed by atoms with van der Waals surface area (Å²) >= 11 is 5.94. The number of benzene rings is 2. The van der Waals surface area contributed by atoms with Crippen molar-refractivity contribution in [3.63, 3.8) is 0 Å². The van der Waals surface area contributed by atoms with Crippen LogP contribution in [0.15, 0.2) is 42.5 Å². The van der Waals surface area contributed by atoms with Gasteiger partial charge in [0.1, 0.15) is 5.75 Å². The number of hydrogen-bond donors (Lipinski definition) is 2. The van der Waals surface area contributed by atoms with E-state index in [0.29, 0.717) is 24.6 Å². The lowest BCUT2D eigenvalue weighted by molar-refractivity contribution is -0.384. The second-order valence-corrected chi connectivity index (χ2v) is 5.30. The molecular formula is C16H16ClN3O4. The van der Waals surface area contributed by atoms with Gasteiger partial charge in [-0.1, -0.05) is 11.6 Å². The van der Waals surface area contributed by atoms with Crippen molar-refractivity contribution >= 4 is 28.9 Å². The van der Waals surface area contributed by atoms with E-state index in [1.807, 2.05) is 0 Å². The zero-order chi connectivity index (χ0) is 17.5. The Hall–Kier alpha value is -2.64. The Morgan fingerprint density at radius 3 is 2.58 bits per heavy atom. The van der Waals surface area contributed by atoms with Crippen molar-refractivity contribution in [2.75, 3.05) is 18.5 Å². The molecule has 0 unspecified atom stereocenters. The maximum atomic E-state index is 12.2. The van der Waals surface area contributed by atoms with E-state index in [-0.39, 0.29) is 16.3 Å². The Morgan fingerprint density at radius 2 is 1.96 bits per heavy atom. The summed E-state index contributed by atoms with van der Waals surface area (Å²) in [6.07, 6.45) is 0.754. The van der Waals surface area contributed by atoms with E-state index in [0.717, 1.165) is 12.5 Å². The van der Waals surface area contributed by atoms with Crippen LogP contribution in [0.2, 0.25) is 5.02 Å². The summed E-state index contributed by atoms with van der Waals surface area (Å²) in [7, 11) is 0. The predicted octanol–water partition coefficient (Wildman–Crippen LogP) is 3.23. The molecule has 0 radical (unpaired) electrons. The van der Waals surface area contributed by atoms with Crippen LogP contribution in [0.25, 0.3) is 0 Å². The molecule has 0 saturated heterocycles. The summed E-state index contributed by atoms with van der Waals surface area (Å²) in [5.74, 6) is 0.135. The minimum absolute atomic E-state index is 0.0362. The second kappa shape index (κ2) is 8.28. The van der Waals surface area contributed by atoms with E-state index in [1.165, 1.54) is 12.1 Å². The summed E-state index contributed by atoms with van der Waals surface area (Å²) in [6, 6.07) is 10.5. The summed E-state index contributed by atoms with van der Waals surface area (Å²) < 4.78 is 5.46. The normalized spacial score (nSPS) is 10.2. The molecule has 0 fully saturated rings. The minimum atomic E-state index is -0.583. The van der Waals surface area contributed by atoms with Gasteiger partial charge in [-0.05, 0) is 43.3 Å². The Kier molecular flexibility index (Phi) is 6.11. The summed E-state index contributed by atoms with van der Waals surface area (Å²) in [5.41, 5.74) is 5.75. The molecule has 7 nitrogen and oxygen atoms in total. The summed E-state index contributed by atoms with van der Waals surface area (Å²) in [5, 5.41) is 13.6. The average molecular weight is 350 g/mol. The fourth-order valence-corrected chi connectivity index (χ4v) is 2.11. The number of hydrogen-bond acceptors (Lipinski definition) is 5. The van der Waals surface area contributed by atoms with Crippen LogP contribution < -0.4 is 15.8 Å². The van der Waals surface area contributed by atoms with Gasteiger partial charge in [0.05, 0.1) is 22.1 Å². The average Bonchev–Trinajstić information content (AvgIpc) is 2.56. The Balaban J connectivity index is 2.07. The molecule has 0 aliphatic rings. The molecule has 0 aliphatic heterocycles. The number of nitrogens with zero attached hydrogens (tertiary/aromatic N) is 1. The van der Waals surface area contributed by atoms with E-state index >= 15 is 0 Å². The zero-order valence-electron chi connectivity index (χ0n) is 12.7. The first-order valence-electron chi connectivity index (χ1n) is 7.19. The third-order valence-electron chi connectivity index (χ3n) is 3.13. The van der Waals surface area contributed by atoms with Crippen molar-refractivity contribution in [3.8, 4) is 5.75 Å². The highest BCUT2D eigenvalue weighted by molar-refractivity contribution is 6.34. The summed E-state index contributed by atoms with van der Waals surface area (Å²) in [6.45, 7) is 1.07. The first-order valence-corrected chi connectivity index (χ1v) is 7.57. The lowest BCUT2D eigenvalue weighted by Crippen LogP contribution is -2.13. The van der Waals surface area contributed by atoms with Gasteiger partial charge in [0.25, 0.3) is 11.6 Å². The smallest absolute Gasteiger partial charge is 0.270 e. The number of anilines is 1. The molecule has 24 heavy (non-hydrogen) atoms. The van der Waals surface area contributed by atoms with Gasteiger partial charge in [0.15, 0.2) is 0 Å². The number of amides is 1. The van der Waals surface area contributed by atoms with Crippen LogP contribution in [0, 0.1) is 10.1 Å². The number of nitrogens with two attached hydrogens (primary N) is 1. The monoisotopic (exact) mass is 349 g/mol. The first-order chi connectivity index (χ1) is 11.5. The molecule has 126 valence electrons. The number of nitrogens with one attached hydrogen (secondary N) is 1. The number of non-ortho nitro benzene ring substituents is 1. The molecular weight excluding hydrogens is 334 g/mol. The van der Waals surface area contributed by atoms with Crippen LogP contribution in [-0.2, 0) is 0 Å². The van der Waals surface area contributed by atoms with Crippen molar-refractivity contribution in [2.45, 2.75) is 6.42 Å². The number of nitro groups is 1. The van der Waals surface area contributed by atoms with E-state index < -0.39 is 10.8 Å². The molecule has 2 aromatic rings. The van der Waals surface area contributed by atoms with Crippen LogP contribution in [-0.4, -0.2) is 24.0 Å². The molecule has 1 amide bonds. The SMILES string of the molecule is NCCCOc1ccc(NC(=O)c2cc([N+](=O)[O-])ccc2Cl)cc1. The number of carbonyl (C=O) groups excluding carboxylic acids is 1. The van der Waals surface area contributed by atoms with Crippen molar-refractivity contribution in [3.05, 3.63) is 63.2 Å². The number of ether oxygens (including phenoxy) is 1. The highest BCUT2D eigenvalue weighted by atomic mass is 35.5. The number of halogens is 1. The van der Waals surface area contributed by atoms with Gasteiger partial charge in [0, 0.05) is 17.8 Å². The van der Waals surface area contributed by atoms with Crippen molar-refractivity contribution in [1.29, 1.82) is 0 Å². The van der Waals surface area contributed by atoms with Crippen LogP contribution in [0.1, 0.15) is 16.8 Å². The molecule has 2 rings (SSSR count). The molecule has 0 spiro atoms. The molecule has 0 aliphatic carbocycles. The van der Waals surface area contributed by atoms with E-state index in [2.05, 4.69) is 5.32 Å². The Labute approximate surface area is 143 Å². The van der Waals surface area contributed by atoms with E-state index in [4.69, 9.17) is 22.1 Å². The lowest BCUT2D eigenvalue weighted by atomic mass is 10.2. The predicted molar refractivity (Wildman–Crippen MR) is 91.7 cm³/mol. The van der Waals surface area contributed by atoms with Crippen LogP contribution in [0.3, 0.4) is 0 Å². The Morgan fingerprint density at radius 1 is 1.25 bits per heavy atom. The molecule has 2 aromatic carbocycles. The molecule has 0 heterocycles. The fraction of sp³-hybridized carbons (Fsp3) is 0.188. The van der Waals surface area contributed by atoms with Crippen molar-refractivity contribution < 1.29 is 14.5 Å². The molecule has 3 N–H and O–H groups in total. The van der Waals surface area contributed by atoms with Gasteiger partial charge in [-0.15, -0.1) is 0 Å². The molecule has 0 aromatic heterocycles. The summed E-state index contributed by atoms with van der Waals surface area (Å²) in [4.78, 5) is 22.5. The van der Waals surface area contributed by atoms with Crippen molar-refractivity contribution in [2.24, 2.45) is 5.73 Å². The Bertz CT molecular complexity index is 735. The highest BCUT2D eigenvalue weighted by Gasteiger charge is 2.16. The van der Waals surface area contributed by atoms with Crippen LogP contribution >= 0.6 is 11.6 Å². The minimum Gasteiger partial charge on any atom is -0.494 e. The van der Waals surface area contributed by atoms with Gasteiger partial charge >= 0.3 is 0 Å². The van der Waals surface area contributed by atoms with E-state index in [1.54, 1.807) is 24.3 Å². The van der Waals surface area contributed by atoms with Crippen molar-refractivity contribution in [1.82, 2.24) is 0 Å². The van der Waals surface area contributed by atoms with Crippen LogP contribution in [0.4, 0.5) is 11.4 Å². The number of nitro benzene ring substituents is 1. The maximum Gasteiger partial charge on any atom is 0.270 e. The first kappa shape index (κ1) is 17.7. The third-order valence-corrected chi connectivity index (χ3v) is 3.46. The molecule has 8 heteroatoms. The maximum absolute atomic E-state index is 12.2. The highest BCUT2D eigenvalue weighted by Crippen LogP contribution is 2.23. The fourth-order valence-electron chi connectivity index (χ4n) is 1.91. The number of carbonyl (C=O) groups is 1. The standard InChI is InChI=1S/C16H16ClN3O4/c17-15-7-4-12(20(22)23)10-14(15)16(21)19-11-2-5-13(6-3-11)24-9-1-8-18/h2-7,10H,1,8-9,18H2,(H,19,21). The lowest BCUT2D eigenvalue weighted by Gasteiger charge is -2.09. The molecule has 0 bridgehead atoms. The number of rotatable bonds is 7. The van der Waals surface area contributed by atoms with Gasteiger partial charge in [-0.3, -0.25) is 14.9 Å². The zero-order valence-corrected chi connectivity index (χ0v) is 13.5. The molecule has 0 atom stereocenters. The second-order valence-electron chi connectivity index (χ2n) is 4.89. The topological polar surface area (TPSA) is 107 Å². The largest absolute Gasteiger partial charge is 0.494 e. The third kappa shape index (κ3) is 4.68.